The summed E-state index contributed by atoms with van der Waals surface area (Å²) >= 11 is 0. The van der Waals surface area contributed by atoms with Gasteiger partial charge in [-0.2, -0.15) is 0 Å². The average Bonchev–Trinajstić information content (AvgIpc) is 3.06. The Labute approximate surface area is 138 Å². The van der Waals surface area contributed by atoms with Crippen LogP contribution in [0.4, 0.5) is 16.1 Å². The molecule has 0 radical (unpaired) electrons. The Morgan fingerprint density at radius 1 is 1.21 bits per heavy atom. The van der Waals surface area contributed by atoms with E-state index in [2.05, 4.69) is 22.4 Å². The number of nitrogens with zero attached hydrogens (tertiary/aromatic N) is 1. The van der Waals surface area contributed by atoms with Gasteiger partial charge in [-0.1, -0.05) is 36.9 Å². The summed E-state index contributed by atoms with van der Waals surface area (Å²) in [5, 5.41) is 2.82. The number of benzene rings is 2. The Kier molecular flexibility index (Phi) is 4.58. The first-order chi connectivity index (χ1) is 11.7. The molecule has 0 saturated heterocycles. The van der Waals surface area contributed by atoms with Crippen molar-refractivity contribution in [2.75, 3.05) is 12.4 Å². The maximum Gasteiger partial charge on any atom is 0.299 e. The lowest BCUT2D eigenvalue weighted by molar-refractivity contribution is 0.137. The lowest BCUT2D eigenvalue weighted by Gasteiger charge is -2.07. The second-order valence-corrected chi connectivity index (χ2v) is 5.00. The summed E-state index contributed by atoms with van der Waals surface area (Å²) in [5.74, 6) is 0.182. The normalized spacial score (nSPS) is 10.4. The van der Waals surface area contributed by atoms with Crippen molar-refractivity contribution in [3.8, 4) is 11.3 Å². The highest BCUT2D eigenvalue weighted by Crippen LogP contribution is 2.27. The van der Waals surface area contributed by atoms with E-state index in [0.717, 1.165) is 11.1 Å². The Hall–Kier alpha value is -3.12. The summed E-state index contributed by atoms with van der Waals surface area (Å²) in [5.41, 5.74) is 5.30. The summed E-state index contributed by atoms with van der Waals surface area (Å²) in [7, 11) is 1.52. The lowest BCUT2D eigenvalue weighted by Crippen LogP contribution is -2.08. The number of oxazole rings is 1. The van der Waals surface area contributed by atoms with Gasteiger partial charge in [-0.15, -0.1) is 0 Å². The van der Waals surface area contributed by atoms with E-state index in [1.54, 1.807) is 24.4 Å². The minimum Gasteiger partial charge on any atom is -0.423 e. The molecule has 0 bridgehead atoms. The predicted octanol–water partition coefficient (Wildman–Crippen LogP) is 4.35. The molecule has 0 fully saturated rings. The molecule has 0 unspecified atom stereocenters. The van der Waals surface area contributed by atoms with Crippen molar-refractivity contribution in [3.63, 3.8) is 0 Å². The quantitative estimate of drug-likeness (QED) is 0.660. The van der Waals surface area contributed by atoms with E-state index in [9.17, 15) is 4.39 Å². The number of hydrogen-bond acceptors (Lipinski definition) is 5. The largest absolute Gasteiger partial charge is 0.423 e. The van der Waals surface area contributed by atoms with Crippen molar-refractivity contribution in [3.05, 3.63) is 72.7 Å². The fourth-order valence-electron chi connectivity index (χ4n) is 2.19. The van der Waals surface area contributed by atoms with Gasteiger partial charge >= 0.3 is 0 Å². The molecule has 2 aromatic carbocycles. The molecule has 24 heavy (non-hydrogen) atoms. The second kappa shape index (κ2) is 6.97. The summed E-state index contributed by atoms with van der Waals surface area (Å²) in [6.07, 6.45) is 1.58. The minimum absolute atomic E-state index is 0.217. The number of nitrogens with one attached hydrogen (secondary N) is 2. The third-order valence-electron chi connectivity index (χ3n) is 3.34. The van der Waals surface area contributed by atoms with Crippen molar-refractivity contribution < 1.29 is 13.6 Å². The molecule has 2 N–H and O–H groups in total. The topological polar surface area (TPSA) is 59.3 Å². The highest BCUT2D eigenvalue weighted by Gasteiger charge is 2.10. The smallest absolute Gasteiger partial charge is 0.299 e. The maximum atomic E-state index is 13.7. The molecule has 0 aliphatic heterocycles. The van der Waals surface area contributed by atoms with Crippen LogP contribution in [0.15, 0.2) is 65.7 Å². The maximum absolute atomic E-state index is 13.7. The zero-order chi connectivity index (χ0) is 16.9. The SMILES string of the molecule is C=C(NOC)c1cccc(-c2cnc(Nc3ccccc3F)o2)c1. The summed E-state index contributed by atoms with van der Waals surface area (Å²) in [6, 6.07) is 14.1. The van der Waals surface area contributed by atoms with Crippen molar-refractivity contribution in [2.45, 2.75) is 0 Å². The number of rotatable bonds is 6. The molecule has 0 atom stereocenters. The fraction of sp³-hybridized carbons (Fsp3) is 0.0556. The van der Waals surface area contributed by atoms with Crippen LogP contribution < -0.4 is 10.8 Å². The van der Waals surface area contributed by atoms with Gasteiger partial charge in [-0.25, -0.2) is 9.37 Å². The van der Waals surface area contributed by atoms with Crippen LogP contribution in [-0.2, 0) is 4.84 Å². The average molecular weight is 325 g/mol. The molecular formula is C18H16FN3O2. The molecule has 0 saturated carbocycles. The summed E-state index contributed by atoms with van der Waals surface area (Å²) < 4.78 is 19.3. The van der Waals surface area contributed by atoms with Crippen LogP contribution in [0.1, 0.15) is 5.56 Å². The van der Waals surface area contributed by atoms with Crippen molar-refractivity contribution in [2.24, 2.45) is 0 Å². The molecule has 122 valence electrons. The van der Waals surface area contributed by atoms with Gasteiger partial charge in [0.25, 0.3) is 6.01 Å². The number of hydrogen-bond donors (Lipinski definition) is 2. The standard InChI is InChI=1S/C18H16FN3O2/c1-12(22-23-2)13-6-5-7-14(10-13)17-11-20-18(24-17)21-16-9-4-3-8-15(16)19/h3-11,22H,1H2,2H3,(H,20,21). The Morgan fingerprint density at radius 2 is 2.04 bits per heavy atom. The first-order valence-corrected chi connectivity index (χ1v) is 7.23. The van der Waals surface area contributed by atoms with Crippen molar-refractivity contribution in [1.29, 1.82) is 0 Å². The predicted molar refractivity (Wildman–Crippen MR) is 90.8 cm³/mol. The number of hydroxylamine groups is 1. The van der Waals surface area contributed by atoms with Gasteiger partial charge in [0.1, 0.15) is 5.82 Å². The van der Waals surface area contributed by atoms with Gasteiger partial charge in [0.2, 0.25) is 0 Å². The molecule has 5 nitrogen and oxygen atoms in total. The molecule has 1 heterocycles. The van der Waals surface area contributed by atoms with Crippen molar-refractivity contribution in [1.82, 2.24) is 10.5 Å². The summed E-state index contributed by atoms with van der Waals surface area (Å²) in [4.78, 5) is 8.99. The molecule has 0 aliphatic rings. The second-order valence-electron chi connectivity index (χ2n) is 5.00. The zero-order valence-electron chi connectivity index (χ0n) is 13.0. The number of anilines is 2. The highest BCUT2D eigenvalue weighted by atomic mass is 19.1. The van der Waals surface area contributed by atoms with Crippen LogP contribution in [0.3, 0.4) is 0 Å². The van der Waals surface area contributed by atoms with Gasteiger partial charge in [0.05, 0.1) is 24.7 Å². The van der Waals surface area contributed by atoms with Crippen LogP contribution in [0.2, 0.25) is 0 Å². The number of halogens is 1. The van der Waals surface area contributed by atoms with Gasteiger partial charge in [0, 0.05) is 11.1 Å². The van der Waals surface area contributed by atoms with E-state index >= 15 is 0 Å². The first kappa shape index (κ1) is 15.8. The van der Waals surface area contributed by atoms with E-state index in [-0.39, 0.29) is 11.8 Å². The first-order valence-electron chi connectivity index (χ1n) is 7.23. The van der Waals surface area contributed by atoms with Crippen molar-refractivity contribution >= 4 is 17.4 Å². The van der Waals surface area contributed by atoms with E-state index in [1.807, 2.05) is 24.3 Å². The third kappa shape index (κ3) is 3.44. The van der Waals surface area contributed by atoms with Gasteiger partial charge in [-0.3, -0.25) is 10.3 Å². The highest BCUT2D eigenvalue weighted by molar-refractivity contribution is 5.68. The van der Waals surface area contributed by atoms with Crippen LogP contribution >= 0.6 is 0 Å². The fourth-order valence-corrected chi connectivity index (χ4v) is 2.19. The molecular weight excluding hydrogens is 309 g/mol. The molecule has 3 rings (SSSR count). The molecule has 0 aliphatic carbocycles. The summed E-state index contributed by atoms with van der Waals surface area (Å²) in [6.45, 7) is 3.88. The van der Waals surface area contributed by atoms with Crippen LogP contribution in [-0.4, -0.2) is 12.1 Å². The Morgan fingerprint density at radius 3 is 2.83 bits per heavy atom. The molecule has 0 spiro atoms. The van der Waals surface area contributed by atoms with E-state index in [0.29, 0.717) is 17.1 Å². The Bertz CT molecular complexity index is 861. The monoisotopic (exact) mass is 325 g/mol. The minimum atomic E-state index is -0.374. The van der Waals surface area contributed by atoms with E-state index < -0.39 is 0 Å². The van der Waals surface area contributed by atoms with E-state index in [1.165, 1.54) is 13.2 Å². The number of para-hydroxylation sites is 1. The molecule has 0 amide bonds. The molecule has 1 aromatic heterocycles. The van der Waals surface area contributed by atoms with E-state index in [4.69, 9.17) is 9.25 Å². The molecule has 6 heteroatoms. The lowest BCUT2D eigenvalue weighted by atomic mass is 10.1. The van der Waals surface area contributed by atoms with Gasteiger partial charge in [-0.05, 0) is 18.2 Å². The zero-order valence-corrected chi connectivity index (χ0v) is 13.0. The number of aromatic nitrogens is 1. The third-order valence-corrected chi connectivity index (χ3v) is 3.34. The Balaban J connectivity index is 1.82. The van der Waals surface area contributed by atoms with Crippen LogP contribution in [0.25, 0.3) is 17.0 Å². The van der Waals surface area contributed by atoms with Crippen LogP contribution in [0.5, 0.6) is 0 Å². The van der Waals surface area contributed by atoms with Crippen LogP contribution in [0, 0.1) is 5.82 Å². The molecule has 3 aromatic rings. The van der Waals surface area contributed by atoms with Gasteiger partial charge < -0.3 is 9.73 Å². The van der Waals surface area contributed by atoms with Gasteiger partial charge in [0.15, 0.2) is 5.76 Å².